The first-order valence-electron chi connectivity index (χ1n) is 4.91. The molecule has 82 valence electrons. The number of esters is 1. The fraction of sp³-hybridized carbons (Fsp3) is 0.0714. The van der Waals surface area contributed by atoms with Crippen molar-refractivity contribution in [1.29, 1.82) is 0 Å². The van der Waals surface area contributed by atoms with Crippen LogP contribution in [-0.4, -0.2) is 5.97 Å². The highest BCUT2D eigenvalue weighted by atomic mass is 16.5. The van der Waals surface area contributed by atoms with Crippen LogP contribution in [0.3, 0.4) is 0 Å². The second kappa shape index (κ2) is 5.71. The first-order chi connectivity index (χ1) is 7.67. The average Bonchev–Trinajstić information content (AvgIpc) is 2.25. The van der Waals surface area contributed by atoms with Gasteiger partial charge in [-0.1, -0.05) is 43.5 Å². The van der Waals surface area contributed by atoms with Crippen LogP contribution < -0.4 is 4.74 Å². The Balaban J connectivity index is 3.05. The molecule has 1 aromatic rings. The van der Waals surface area contributed by atoms with E-state index < -0.39 is 0 Å². The van der Waals surface area contributed by atoms with E-state index in [9.17, 15) is 4.79 Å². The standard InChI is InChI=1S/C14H14O2/c1-4-7-12(5-2)13-8-6-9-14(10-13)16-11(3)15/h4-10H,1-2H2,3H3/b12-7+. The molecule has 0 aliphatic rings. The molecule has 0 bridgehead atoms. The molecule has 0 aliphatic heterocycles. The van der Waals surface area contributed by atoms with Crippen LogP contribution in [0.2, 0.25) is 0 Å². The van der Waals surface area contributed by atoms with Crippen molar-refractivity contribution in [3.8, 4) is 5.75 Å². The number of allylic oxidation sites excluding steroid dienone is 4. The molecular formula is C14H14O2. The molecule has 0 saturated heterocycles. The number of ether oxygens (including phenoxy) is 1. The molecule has 0 aromatic heterocycles. The van der Waals surface area contributed by atoms with Gasteiger partial charge in [-0.15, -0.1) is 0 Å². The molecule has 2 heteroatoms. The molecule has 0 heterocycles. The molecule has 0 radical (unpaired) electrons. The van der Waals surface area contributed by atoms with Crippen LogP contribution in [-0.2, 0) is 4.79 Å². The van der Waals surface area contributed by atoms with Crippen LogP contribution in [0.1, 0.15) is 12.5 Å². The lowest BCUT2D eigenvalue weighted by atomic mass is 10.1. The van der Waals surface area contributed by atoms with Crippen LogP contribution in [0.4, 0.5) is 0 Å². The lowest BCUT2D eigenvalue weighted by Gasteiger charge is -2.05. The largest absolute Gasteiger partial charge is 0.427 e. The Bertz CT molecular complexity index is 442. The van der Waals surface area contributed by atoms with Gasteiger partial charge in [-0.3, -0.25) is 4.79 Å². The zero-order valence-corrected chi connectivity index (χ0v) is 9.27. The van der Waals surface area contributed by atoms with Gasteiger partial charge in [-0.2, -0.15) is 0 Å². The number of carbonyl (C=O) groups excluding carboxylic acids is 1. The maximum atomic E-state index is 10.8. The summed E-state index contributed by atoms with van der Waals surface area (Å²) in [6.45, 7) is 8.73. The van der Waals surface area contributed by atoms with Gasteiger partial charge >= 0.3 is 5.97 Å². The SMILES string of the molecule is C=C/C=C(\C=C)c1cccc(OC(C)=O)c1. The van der Waals surface area contributed by atoms with Crippen molar-refractivity contribution < 1.29 is 9.53 Å². The summed E-state index contributed by atoms with van der Waals surface area (Å²) in [5, 5.41) is 0. The molecule has 1 aromatic carbocycles. The van der Waals surface area contributed by atoms with Crippen LogP contribution in [0.5, 0.6) is 5.75 Å². The zero-order chi connectivity index (χ0) is 12.0. The molecule has 0 amide bonds. The van der Waals surface area contributed by atoms with E-state index in [4.69, 9.17) is 4.74 Å². The highest BCUT2D eigenvalue weighted by Gasteiger charge is 2.01. The summed E-state index contributed by atoms with van der Waals surface area (Å²) in [7, 11) is 0. The van der Waals surface area contributed by atoms with Crippen molar-refractivity contribution in [2.45, 2.75) is 6.92 Å². The predicted octanol–water partition coefficient (Wildman–Crippen LogP) is 3.37. The van der Waals surface area contributed by atoms with E-state index in [1.807, 2.05) is 18.2 Å². The van der Waals surface area contributed by atoms with Crippen molar-refractivity contribution >= 4 is 11.5 Å². The van der Waals surface area contributed by atoms with Crippen molar-refractivity contribution in [3.63, 3.8) is 0 Å². The topological polar surface area (TPSA) is 26.3 Å². The normalized spacial score (nSPS) is 10.7. The van der Waals surface area contributed by atoms with Crippen molar-refractivity contribution in [1.82, 2.24) is 0 Å². The molecular weight excluding hydrogens is 200 g/mol. The molecule has 2 nitrogen and oxygen atoms in total. The first-order valence-corrected chi connectivity index (χ1v) is 4.91. The Kier molecular flexibility index (Phi) is 4.28. The summed E-state index contributed by atoms with van der Waals surface area (Å²) < 4.78 is 5.00. The molecule has 0 N–H and O–H groups in total. The summed E-state index contributed by atoms with van der Waals surface area (Å²) in [4.78, 5) is 10.8. The Morgan fingerprint density at radius 2 is 2.12 bits per heavy atom. The Hall–Kier alpha value is -2.09. The van der Waals surface area contributed by atoms with E-state index in [0.29, 0.717) is 5.75 Å². The number of hydrogen-bond acceptors (Lipinski definition) is 2. The molecule has 0 aliphatic carbocycles. The van der Waals surface area contributed by atoms with Gasteiger partial charge in [0.2, 0.25) is 0 Å². The summed E-state index contributed by atoms with van der Waals surface area (Å²) >= 11 is 0. The fourth-order valence-corrected chi connectivity index (χ4v) is 1.31. The summed E-state index contributed by atoms with van der Waals surface area (Å²) in [6, 6.07) is 7.27. The van der Waals surface area contributed by atoms with E-state index >= 15 is 0 Å². The van der Waals surface area contributed by atoms with Gasteiger partial charge in [0.15, 0.2) is 0 Å². The molecule has 0 spiro atoms. The third kappa shape index (κ3) is 3.24. The second-order valence-electron chi connectivity index (χ2n) is 3.18. The van der Waals surface area contributed by atoms with Gasteiger partial charge in [0.05, 0.1) is 0 Å². The van der Waals surface area contributed by atoms with Crippen LogP contribution in [0.15, 0.2) is 55.7 Å². The highest BCUT2D eigenvalue weighted by Crippen LogP contribution is 2.21. The quantitative estimate of drug-likeness (QED) is 0.436. The zero-order valence-electron chi connectivity index (χ0n) is 9.27. The molecule has 16 heavy (non-hydrogen) atoms. The molecule has 0 saturated carbocycles. The van der Waals surface area contributed by atoms with Crippen LogP contribution in [0.25, 0.3) is 5.57 Å². The highest BCUT2D eigenvalue weighted by molar-refractivity contribution is 5.76. The molecule has 1 rings (SSSR count). The monoisotopic (exact) mass is 214 g/mol. The number of benzene rings is 1. The van der Waals surface area contributed by atoms with Gasteiger partial charge < -0.3 is 4.74 Å². The molecule has 0 atom stereocenters. The summed E-state index contributed by atoms with van der Waals surface area (Å²) in [5.41, 5.74) is 1.87. The van der Waals surface area contributed by atoms with E-state index in [-0.39, 0.29) is 5.97 Å². The Morgan fingerprint density at radius 3 is 2.69 bits per heavy atom. The smallest absolute Gasteiger partial charge is 0.308 e. The van der Waals surface area contributed by atoms with Gasteiger partial charge in [-0.05, 0) is 23.3 Å². The minimum Gasteiger partial charge on any atom is -0.427 e. The van der Waals surface area contributed by atoms with Crippen LogP contribution >= 0.6 is 0 Å². The van der Waals surface area contributed by atoms with Crippen molar-refractivity contribution in [2.24, 2.45) is 0 Å². The maximum Gasteiger partial charge on any atom is 0.308 e. The van der Waals surface area contributed by atoms with Crippen LogP contribution in [0, 0.1) is 0 Å². The summed E-state index contributed by atoms with van der Waals surface area (Å²) in [5.74, 6) is 0.201. The van der Waals surface area contributed by atoms with E-state index in [1.54, 1.807) is 24.3 Å². The number of hydrogen-bond donors (Lipinski definition) is 0. The second-order valence-corrected chi connectivity index (χ2v) is 3.18. The summed E-state index contributed by atoms with van der Waals surface area (Å²) in [6.07, 6.45) is 5.27. The average molecular weight is 214 g/mol. The van der Waals surface area contributed by atoms with E-state index in [1.165, 1.54) is 6.92 Å². The Morgan fingerprint density at radius 1 is 1.38 bits per heavy atom. The third-order valence-electron chi connectivity index (χ3n) is 1.95. The molecule has 0 unspecified atom stereocenters. The Labute approximate surface area is 95.6 Å². The van der Waals surface area contributed by atoms with Gasteiger partial charge in [0.1, 0.15) is 5.75 Å². The van der Waals surface area contributed by atoms with Gasteiger partial charge in [-0.25, -0.2) is 0 Å². The van der Waals surface area contributed by atoms with Gasteiger partial charge in [0.25, 0.3) is 0 Å². The van der Waals surface area contributed by atoms with E-state index in [0.717, 1.165) is 11.1 Å². The minimum atomic E-state index is -0.329. The number of rotatable bonds is 4. The molecule has 0 fully saturated rings. The lowest BCUT2D eigenvalue weighted by Crippen LogP contribution is -2.01. The minimum absolute atomic E-state index is 0.329. The lowest BCUT2D eigenvalue weighted by molar-refractivity contribution is -0.131. The maximum absolute atomic E-state index is 10.8. The van der Waals surface area contributed by atoms with Crippen molar-refractivity contribution in [3.05, 3.63) is 61.2 Å². The third-order valence-corrected chi connectivity index (χ3v) is 1.95. The first kappa shape index (κ1) is 12.0. The predicted molar refractivity (Wildman–Crippen MR) is 66.1 cm³/mol. The van der Waals surface area contributed by atoms with Crippen molar-refractivity contribution in [2.75, 3.05) is 0 Å². The van der Waals surface area contributed by atoms with E-state index in [2.05, 4.69) is 13.2 Å². The fourth-order valence-electron chi connectivity index (χ4n) is 1.31. The van der Waals surface area contributed by atoms with Gasteiger partial charge in [0, 0.05) is 6.92 Å². The number of carbonyl (C=O) groups is 1.